The van der Waals surface area contributed by atoms with E-state index in [0.29, 0.717) is 28.7 Å². The lowest BCUT2D eigenvalue weighted by Crippen LogP contribution is -2.91. The zero-order chi connectivity index (χ0) is 12.9. The van der Waals surface area contributed by atoms with Gasteiger partial charge < -0.3 is 4.74 Å². The monoisotopic (exact) mass is 246 g/mol. The van der Waals surface area contributed by atoms with Crippen molar-refractivity contribution in [3.8, 4) is 0 Å². The molecule has 4 saturated carbocycles. The average molecular weight is 246 g/mol. The van der Waals surface area contributed by atoms with Crippen LogP contribution < -0.4 is 0 Å². The fraction of sp³-hybridized carbons (Fsp3) is 0.812. The van der Waals surface area contributed by atoms with E-state index in [2.05, 4.69) is 20.4 Å². The van der Waals surface area contributed by atoms with Crippen LogP contribution in [0.3, 0.4) is 0 Å². The highest BCUT2D eigenvalue weighted by Crippen LogP contribution is 2.91. The zero-order valence-corrected chi connectivity index (χ0v) is 11.5. The number of carbonyl (C=O) groups excluding carboxylic acids is 1. The second-order valence-corrected chi connectivity index (χ2v) is 7.38. The third kappa shape index (κ3) is 0.794. The van der Waals surface area contributed by atoms with Crippen molar-refractivity contribution >= 4 is 5.97 Å². The lowest BCUT2D eigenvalue weighted by molar-refractivity contribution is -0.468. The number of rotatable bonds is 3. The Hall–Kier alpha value is -0.790. The third-order valence-corrected chi connectivity index (χ3v) is 6.84. The van der Waals surface area contributed by atoms with Crippen LogP contribution in [0.25, 0.3) is 0 Å². The molecule has 0 heterocycles. The number of hydrogen-bond acceptors (Lipinski definition) is 2. The van der Waals surface area contributed by atoms with Gasteiger partial charge in [-0.05, 0) is 49.4 Å². The molecule has 4 rings (SSSR count). The highest BCUT2D eigenvalue weighted by molar-refractivity contribution is 5.87. The number of esters is 1. The van der Waals surface area contributed by atoms with Crippen LogP contribution in [-0.2, 0) is 9.53 Å². The molecule has 4 fully saturated rings. The van der Waals surface area contributed by atoms with Crippen molar-refractivity contribution in [2.24, 2.45) is 35.0 Å². The molecule has 2 nitrogen and oxygen atoms in total. The number of hydrogen-bond donors (Lipinski definition) is 0. The Morgan fingerprint density at radius 3 is 2.17 bits per heavy atom. The fourth-order valence-electron chi connectivity index (χ4n) is 6.17. The molecule has 0 aliphatic heterocycles. The van der Waals surface area contributed by atoms with Crippen molar-refractivity contribution in [1.29, 1.82) is 0 Å². The van der Waals surface area contributed by atoms with E-state index in [1.807, 2.05) is 0 Å². The van der Waals surface area contributed by atoms with Crippen LogP contribution in [0.5, 0.6) is 0 Å². The van der Waals surface area contributed by atoms with E-state index in [9.17, 15) is 4.79 Å². The first-order chi connectivity index (χ1) is 8.45. The maximum Gasteiger partial charge on any atom is 0.333 e. The summed E-state index contributed by atoms with van der Waals surface area (Å²) in [6, 6.07) is 0. The van der Waals surface area contributed by atoms with Gasteiger partial charge in [0.2, 0.25) is 0 Å². The third-order valence-electron chi connectivity index (χ3n) is 6.84. The fourth-order valence-corrected chi connectivity index (χ4v) is 6.17. The molecular formula is C16H22O2. The molecule has 0 aromatic carbocycles. The van der Waals surface area contributed by atoms with Gasteiger partial charge in [0.15, 0.2) is 0 Å². The topological polar surface area (TPSA) is 26.3 Å². The molecule has 4 atom stereocenters. The van der Waals surface area contributed by atoms with Gasteiger partial charge in [0.05, 0.1) is 0 Å². The Bertz CT molecular complexity index is 440. The van der Waals surface area contributed by atoms with Gasteiger partial charge in [-0.25, -0.2) is 4.79 Å². The maximum atomic E-state index is 12.0. The number of carbonyl (C=O) groups is 1. The van der Waals surface area contributed by atoms with Crippen molar-refractivity contribution in [1.82, 2.24) is 0 Å². The Labute approximate surface area is 109 Å². The molecule has 18 heavy (non-hydrogen) atoms. The zero-order valence-electron chi connectivity index (χ0n) is 11.5. The van der Waals surface area contributed by atoms with E-state index in [0.717, 1.165) is 11.8 Å². The van der Waals surface area contributed by atoms with Crippen LogP contribution in [0.1, 0.15) is 40.0 Å². The SMILES string of the molecule is C=C(C)C(=O)OC1(C(C)C)C2CC3CC4CC1C342. The predicted octanol–water partition coefficient (Wildman–Crippen LogP) is 3.18. The first-order valence-electron chi connectivity index (χ1n) is 7.34. The summed E-state index contributed by atoms with van der Waals surface area (Å²) in [6.07, 6.45) is 4.05. The Morgan fingerprint density at radius 1 is 1.22 bits per heavy atom. The average Bonchev–Trinajstić information content (AvgIpc) is 2.19. The highest BCUT2D eigenvalue weighted by atomic mass is 16.6. The lowest BCUT2D eigenvalue weighted by atomic mass is 9.13. The molecule has 4 unspecified atom stereocenters. The van der Waals surface area contributed by atoms with E-state index in [4.69, 9.17) is 4.74 Å². The van der Waals surface area contributed by atoms with Crippen LogP contribution in [-0.4, -0.2) is 11.6 Å². The molecule has 0 aromatic heterocycles. The van der Waals surface area contributed by atoms with Gasteiger partial charge in [0.1, 0.15) is 5.60 Å². The van der Waals surface area contributed by atoms with Crippen LogP contribution >= 0.6 is 0 Å². The lowest BCUT2D eigenvalue weighted by Gasteiger charge is -2.91. The van der Waals surface area contributed by atoms with Gasteiger partial charge in [-0.15, -0.1) is 0 Å². The van der Waals surface area contributed by atoms with Gasteiger partial charge in [-0.1, -0.05) is 20.4 Å². The van der Waals surface area contributed by atoms with Crippen molar-refractivity contribution in [2.75, 3.05) is 0 Å². The van der Waals surface area contributed by atoms with Crippen LogP contribution in [0, 0.1) is 35.0 Å². The molecular weight excluding hydrogens is 224 g/mol. The molecule has 1 spiro atoms. The van der Waals surface area contributed by atoms with E-state index >= 15 is 0 Å². The molecule has 0 bridgehead atoms. The summed E-state index contributed by atoms with van der Waals surface area (Å²) < 4.78 is 5.99. The summed E-state index contributed by atoms with van der Waals surface area (Å²) in [4.78, 5) is 12.0. The Kier molecular flexibility index (Phi) is 1.76. The molecule has 98 valence electrons. The van der Waals surface area contributed by atoms with E-state index in [1.165, 1.54) is 19.3 Å². The standard InChI is InChI=1S/C16H22O2/c1-8(2)14(17)18-16(9(3)4)12-6-10-5-11-7-13(16)15(10,11)12/h9-13H,1,5-7H2,2-4H3. The number of ether oxygens (including phenoxy) is 1. The Balaban J connectivity index is 1.64. The molecule has 0 saturated heterocycles. The summed E-state index contributed by atoms with van der Waals surface area (Å²) in [7, 11) is 0. The summed E-state index contributed by atoms with van der Waals surface area (Å²) in [5.74, 6) is 3.53. The van der Waals surface area contributed by atoms with E-state index in [-0.39, 0.29) is 11.6 Å². The molecule has 0 amide bonds. The molecule has 0 radical (unpaired) electrons. The predicted molar refractivity (Wildman–Crippen MR) is 68.7 cm³/mol. The first kappa shape index (κ1) is 11.1. The quantitative estimate of drug-likeness (QED) is 0.565. The Morgan fingerprint density at radius 2 is 1.78 bits per heavy atom. The summed E-state index contributed by atoms with van der Waals surface area (Å²) in [6.45, 7) is 9.92. The van der Waals surface area contributed by atoms with Crippen LogP contribution in [0.15, 0.2) is 12.2 Å². The van der Waals surface area contributed by atoms with Gasteiger partial charge in [-0.2, -0.15) is 0 Å². The highest BCUT2D eigenvalue weighted by Gasteiger charge is 2.91. The van der Waals surface area contributed by atoms with Crippen molar-refractivity contribution < 1.29 is 9.53 Å². The molecule has 0 N–H and O–H groups in total. The summed E-state index contributed by atoms with van der Waals surface area (Å²) in [5, 5.41) is 0. The molecule has 4 aliphatic carbocycles. The summed E-state index contributed by atoms with van der Waals surface area (Å²) >= 11 is 0. The van der Waals surface area contributed by atoms with Gasteiger partial charge in [-0.3, -0.25) is 0 Å². The van der Waals surface area contributed by atoms with Gasteiger partial charge in [0.25, 0.3) is 0 Å². The second-order valence-electron chi connectivity index (χ2n) is 7.38. The first-order valence-corrected chi connectivity index (χ1v) is 7.34. The molecule has 4 aliphatic rings. The summed E-state index contributed by atoms with van der Waals surface area (Å²) in [5.41, 5.74) is 1.03. The minimum absolute atomic E-state index is 0.149. The minimum atomic E-state index is -0.176. The maximum absolute atomic E-state index is 12.0. The van der Waals surface area contributed by atoms with Crippen molar-refractivity contribution in [3.63, 3.8) is 0 Å². The minimum Gasteiger partial charge on any atom is -0.455 e. The van der Waals surface area contributed by atoms with Crippen LogP contribution in [0.4, 0.5) is 0 Å². The normalized spacial score (nSPS) is 54.0. The van der Waals surface area contributed by atoms with Crippen molar-refractivity contribution in [3.05, 3.63) is 12.2 Å². The van der Waals surface area contributed by atoms with E-state index < -0.39 is 0 Å². The van der Waals surface area contributed by atoms with Gasteiger partial charge in [0, 0.05) is 17.4 Å². The molecule has 2 heteroatoms. The molecule has 0 aromatic rings. The largest absolute Gasteiger partial charge is 0.455 e. The second kappa shape index (κ2) is 2.86. The van der Waals surface area contributed by atoms with Crippen molar-refractivity contribution in [2.45, 2.75) is 45.6 Å². The van der Waals surface area contributed by atoms with Gasteiger partial charge >= 0.3 is 5.97 Å². The van der Waals surface area contributed by atoms with E-state index in [1.54, 1.807) is 6.92 Å². The van der Waals surface area contributed by atoms with Crippen LogP contribution in [0.2, 0.25) is 0 Å². The smallest absolute Gasteiger partial charge is 0.333 e.